The van der Waals surface area contributed by atoms with Crippen LogP contribution in [-0.4, -0.2) is 22.2 Å². The summed E-state index contributed by atoms with van der Waals surface area (Å²) in [6.45, 7) is 3.19. The number of hydrogen-bond acceptors (Lipinski definition) is 4. The number of hydrogen-bond donors (Lipinski definition) is 2. The first kappa shape index (κ1) is 12.4. The first-order chi connectivity index (χ1) is 7.29. The van der Waals surface area contributed by atoms with Crippen molar-refractivity contribution in [3.05, 3.63) is 34.1 Å². The summed E-state index contributed by atoms with van der Waals surface area (Å²) in [5.41, 5.74) is -1.18. The lowest BCUT2D eigenvalue weighted by Crippen LogP contribution is -2.29. The van der Waals surface area contributed by atoms with Gasteiger partial charge < -0.3 is 10.4 Å². The number of nitrogens with one attached hydrogen (secondary N) is 1. The molecule has 0 amide bonds. The van der Waals surface area contributed by atoms with E-state index in [4.69, 9.17) is 0 Å². The van der Waals surface area contributed by atoms with Crippen LogP contribution in [0.15, 0.2) is 18.2 Å². The fourth-order valence-corrected chi connectivity index (χ4v) is 1.12. The Kier molecular flexibility index (Phi) is 3.44. The van der Waals surface area contributed by atoms with Crippen molar-refractivity contribution in [2.24, 2.45) is 0 Å². The number of aliphatic hydroxyl groups is 1. The molecule has 0 aromatic heterocycles. The summed E-state index contributed by atoms with van der Waals surface area (Å²) in [6.07, 6.45) is 0. The summed E-state index contributed by atoms with van der Waals surface area (Å²) in [5, 5.41) is 22.7. The Morgan fingerprint density at radius 2 is 2.19 bits per heavy atom. The Bertz CT molecular complexity index is 402. The summed E-state index contributed by atoms with van der Waals surface area (Å²) < 4.78 is 12.9. The minimum absolute atomic E-state index is 0.0622. The van der Waals surface area contributed by atoms with Crippen molar-refractivity contribution in [3.63, 3.8) is 0 Å². The van der Waals surface area contributed by atoms with Crippen molar-refractivity contribution in [2.75, 3.05) is 11.9 Å². The molecule has 5 nitrogen and oxygen atoms in total. The summed E-state index contributed by atoms with van der Waals surface area (Å²) in [6, 6.07) is 3.14. The quantitative estimate of drug-likeness (QED) is 0.609. The van der Waals surface area contributed by atoms with Gasteiger partial charge in [0.1, 0.15) is 11.5 Å². The average molecular weight is 228 g/mol. The fraction of sp³-hybridized carbons (Fsp3) is 0.400. The lowest BCUT2D eigenvalue weighted by Gasteiger charge is -2.18. The minimum Gasteiger partial charge on any atom is -0.389 e. The molecule has 0 saturated carbocycles. The summed E-state index contributed by atoms with van der Waals surface area (Å²) in [5.74, 6) is -0.566. The molecule has 0 aliphatic heterocycles. The van der Waals surface area contributed by atoms with Gasteiger partial charge in [-0.2, -0.15) is 0 Å². The highest BCUT2D eigenvalue weighted by atomic mass is 19.1. The molecule has 2 N–H and O–H groups in total. The molecule has 0 unspecified atom stereocenters. The third-order valence-electron chi connectivity index (χ3n) is 1.87. The van der Waals surface area contributed by atoms with Gasteiger partial charge >= 0.3 is 0 Å². The summed E-state index contributed by atoms with van der Waals surface area (Å²) in [7, 11) is 0. The molecule has 0 bridgehead atoms. The predicted octanol–water partition coefficient (Wildman–Crippen LogP) is 1.92. The van der Waals surface area contributed by atoms with Crippen LogP contribution < -0.4 is 5.32 Å². The average Bonchev–Trinajstić information content (AvgIpc) is 2.13. The molecule has 0 aliphatic rings. The van der Waals surface area contributed by atoms with Crippen LogP contribution in [0.25, 0.3) is 0 Å². The Labute approximate surface area is 92.1 Å². The second-order valence-corrected chi connectivity index (χ2v) is 4.08. The zero-order valence-corrected chi connectivity index (χ0v) is 9.03. The number of rotatable bonds is 4. The summed E-state index contributed by atoms with van der Waals surface area (Å²) in [4.78, 5) is 10.0. The minimum atomic E-state index is -1.03. The van der Waals surface area contributed by atoms with E-state index in [1.807, 2.05) is 0 Å². The highest BCUT2D eigenvalue weighted by Gasteiger charge is 2.17. The molecule has 0 heterocycles. The standard InChI is InChI=1S/C10H13FN2O3/c1-10(2,14)6-12-8-5-7(11)3-4-9(8)13(15)16/h3-5,12,14H,6H2,1-2H3. The first-order valence-electron chi connectivity index (χ1n) is 4.70. The second-order valence-electron chi connectivity index (χ2n) is 4.08. The van der Waals surface area contributed by atoms with Crippen molar-refractivity contribution in [1.29, 1.82) is 0 Å². The molecular weight excluding hydrogens is 215 g/mol. The summed E-state index contributed by atoms with van der Waals surface area (Å²) >= 11 is 0. The topological polar surface area (TPSA) is 75.4 Å². The Hall–Kier alpha value is -1.69. The molecule has 1 aromatic carbocycles. The largest absolute Gasteiger partial charge is 0.389 e. The number of nitrogens with zero attached hydrogens (tertiary/aromatic N) is 1. The molecule has 0 saturated heterocycles. The van der Waals surface area contributed by atoms with Gasteiger partial charge in [-0.1, -0.05) is 0 Å². The molecule has 0 atom stereocenters. The number of benzene rings is 1. The van der Waals surface area contributed by atoms with Gasteiger partial charge in [0.15, 0.2) is 0 Å². The highest BCUT2D eigenvalue weighted by Crippen LogP contribution is 2.25. The van der Waals surface area contributed by atoms with E-state index in [-0.39, 0.29) is 17.9 Å². The van der Waals surface area contributed by atoms with Gasteiger partial charge in [-0.3, -0.25) is 10.1 Å². The van der Waals surface area contributed by atoms with E-state index in [1.165, 1.54) is 0 Å². The van der Waals surface area contributed by atoms with Crippen LogP contribution in [0.4, 0.5) is 15.8 Å². The Balaban J connectivity index is 2.93. The van der Waals surface area contributed by atoms with Crippen molar-refractivity contribution in [3.8, 4) is 0 Å². The van der Waals surface area contributed by atoms with Gasteiger partial charge in [0, 0.05) is 18.7 Å². The van der Waals surface area contributed by atoms with Crippen LogP contribution in [0, 0.1) is 15.9 Å². The van der Waals surface area contributed by atoms with Gasteiger partial charge in [0.2, 0.25) is 0 Å². The maximum atomic E-state index is 12.9. The van der Waals surface area contributed by atoms with Gasteiger partial charge in [-0.15, -0.1) is 0 Å². The van der Waals surface area contributed by atoms with Crippen LogP contribution in [0.1, 0.15) is 13.8 Å². The lowest BCUT2D eigenvalue weighted by molar-refractivity contribution is -0.384. The normalized spacial score (nSPS) is 11.2. The SMILES string of the molecule is CC(C)(O)CNc1cc(F)ccc1[N+](=O)[O-]. The van der Waals surface area contributed by atoms with Crippen LogP contribution >= 0.6 is 0 Å². The van der Waals surface area contributed by atoms with E-state index in [1.54, 1.807) is 13.8 Å². The predicted molar refractivity (Wildman–Crippen MR) is 57.8 cm³/mol. The zero-order chi connectivity index (χ0) is 12.3. The second kappa shape index (κ2) is 4.44. The number of anilines is 1. The smallest absolute Gasteiger partial charge is 0.292 e. The van der Waals surface area contributed by atoms with Crippen LogP contribution in [-0.2, 0) is 0 Å². The van der Waals surface area contributed by atoms with E-state index in [0.717, 1.165) is 18.2 Å². The molecule has 0 fully saturated rings. The van der Waals surface area contributed by atoms with Gasteiger partial charge in [0.25, 0.3) is 5.69 Å². The molecular formula is C10H13FN2O3. The molecule has 1 aromatic rings. The van der Waals surface area contributed by atoms with Crippen molar-refractivity contribution >= 4 is 11.4 Å². The molecule has 88 valence electrons. The zero-order valence-electron chi connectivity index (χ0n) is 9.03. The Morgan fingerprint density at radius 1 is 1.56 bits per heavy atom. The third kappa shape index (κ3) is 3.47. The molecule has 1 rings (SSSR count). The lowest BCUT2D eigenvalue weighted by atomic mass is 10.1. The van der Waals surface area contributed by atoms with E-state index in [9.17, 15) is 19.6 Å². The van der Waals surface area contributed by atoms with Crippen molar-refractivity contribution in [2.45, 2.75) is 19.4 Å². The number of halogens is 1. The van der Waals surface area contributed by atoms with Crippen LogP contribution in [0.2, 0.25) is 0 Å². The Morgan fingerprint density at radius 3 is 2.69 bits per heavy atom. The molecule has 16 heavy (non-hydrogen) atoms. The van der Waals surface area contributed by atoms with E-state index < -0.39 is 16.3 Å². The molecule has 0 aliphatic carbocycles. The molecule has 0 radical (unpaired) electrons. The highest BCUT2D eigenvalue weighted by molar-refractivity contribution is 5.61. The van der Waals surface area contributed by atoms with E-state index >= 15 is 0 Å². The van der Waals surface area contributed by atoms with Crippen molar-refractivity contribution in [1.82, 2.24) is 0 Å². The number of nitro groups is 1. The van der Waals surface area contributed by atoms with E-state index in [0.29, 0.717) is 0 Å². The fourth-order valence-electron chi connectivity index (χ4n) is 1.12. The van der Waals surface area contributed by atoms with Gasteiger partial charge in [-0.05, 0) is 19.9 Å². The van der Waals surface area contributed by atoms with Crippen LogP contribution in [0.5, 0.6) is 0 Å². The van der Waals surface area contributed by atoms with Gasteiger partial charge in [-0.25, -0.2) is 4.39 Å². The van der Waals surface area contributed by atoms with Crippen LogP contribution in [0.3, 0.4) is 0 Å². The first-order valence-corrected chi connectivity index (χ1v) is 4.70. The monoisotopic (exact) mass is 228 g/mol. The maximum absolute atomic E-state index is 12.9. The van der Waals surface area contributed by atoms with Gasteiger partial charge in [0.05, 0.1) is 10.5 Å². The number of nitro benzene ring substituents is 1. The maximum Gasteiger partial charge on any atom is 0.292 e. The third-order valence-corrected chi connectivity index (χ3v) is 1.87. The van der Waals surface area contributed by atoms with Crippen molar-refractivity contribution < 1.29 is 14.4 Å². The van der Waals surface area contributed by atoms with E-state index in [2.05, 4.69) is 5.32 Å². The molecule has 0 spiro atoms. The molecule has 6 heteroatoms.